The normalized spacial score (nSPS) is 33.4. The molecular formula is C16H24N2O14P2. The number of aliphatic hydroxyl groups excluding tert-OH is 2. The number of Topliss-reactive ketones (excluding diaryl/α,β-unsaturated/α-hetero) is 1. The number of aliphatic hydroxyl groups is 2. The van der Waals surface area contributed by atoms with E-state index in [1.54, 1.807) is 0 Å². The molecular weight excluding hydrogens is 506 g/mol. The van der Waals surface area contributed by atoms with E-state index in [-0.39, 0.29) is 12.0 Å². The monoisotopic (exact) mass is 530 g/mol. The highest BCUT2D eigenvalue weighted by atomic mass is 31.3. The lowest BCUT2D eigenvalue weighted by atomic mass is 10.1. The molecule has 3 rings (SSSR count). The molecule has 1 aromatic rings. The Balaban J connectivity index is 1.57. The number of ketones is 1. The second kappa shape index (κ2) is 10.2. The summed E-state index contributed by atoms with van der Waals surface area (Å²) in [5.41, 5.74) is -1.18. The van der Waals surface area contributed by atoms with Crippen molar-refractivity contribution in [2.45, 2.75) is 63.6 Å². The molecule has 2 saturated heterocycles. The third-order valence-corrected chi connectivity index (χ3v) is 7.65. The third-order valence-electron chi connectivity index (χ3n) is 5.02. The predicted octanol–water partition coefficient (Wildman–Crippen LogP) is -1.19. The van der Waals surface area contributed by atoms with Crippen LogP contribution < -0.4 is 11.2 Å². The van der Waals surface area contributed by atoms with Crippen LogP contribution in [0.15, 0.2) is 15.8 Å². The van der Waals surface area contributed by atoms with E-state index >= 15 is 0 Å². The molecule has 8 atom stereocenters. The highest BCUT2D eigenvalue weighted by molar-refractivity contribution is 7.61. The number of hydrogen-bond donors (Lipinski definition) is 5. The van der Waals surface area contributed by atoms with Crippen LogP contribution in [-0.2, 0) is 36.8 Å². The summed E-state index contributed by atoms with van der Waals surface area (Å²) in [5.74, 6) is -0.669. The quantitative estimate of drug-likeness (QED) is 0.249. The fourth-order valence-corrected chi connectivity index (χ4v) is 5.47. The van der Waals surface area contributed by atoms with Crippen molar-refractivity contribution >= 4 is 21.4 Å². The SMILES string of the molecule is Cc1cn([C@H]2C[C@H](O)[C@@H](COP(=O)(O)OP(=O)(O)OC3C[C@@H](O)C(=O)[C@@H](C)O3)O2)c(=O)[nH]c1=O. The van der Waals surface area contributed by atoms with Crippen LogP contribution in [0.2, 0.25) is 0 Å². The van der Waals surface area contributed by atoms with Crippen molar-refractivity contribution in [1.82, 2.24) is 9.55 Å². The first-order valence-electron chi connectivity index (χ1n) is 9.90. The number of aryl methyl sites for hydroxylation is 1. The summed E-state index contributed by atoms with van der Waals surface area (Å²) in [4.78, 5) is 56.6. The zero-order chi connectivity index (χ0) is 25.4. The number of carbonyl (C=O) groups excluding carboxylic acids is 1. The maximum atomic E-state index is 12.1. The van der Waals surface area contributed by atoms with Crippen molar-refractivity contribution < 1.29 is 56.8 Å². The van der Waals surface area contributed by atoms with Gasteiger partial charge in [0.1, 0.15) is 24.5 Å². The van der Waals surface area contributed by atoms with Gasteiger partial charge in [-0.2, -0.15) is 4.31 Å². The number of carbonyl (C=O) groups is 1. The highest BCUT2D eigenvalue weighted by Gasteiger charge is 2.43. The van der Waals surface area contributed by atoms with Crippen molar-refractivity contribution in [3.8, 4) is 0 Å². The van der Waals surface area contributed by atoms with E-state index in [1.807, 2.05) is 0 Å². The molecule has 3 heterocycles. The molecule has 192 valence electrons. The van der Waals surface area contributed by atoms with Crippen LogP contribution in [0.4, 0.5) is 0 Å². The van der Waals surface area contributed by atoms with Crippen LogP contribution in [0.25, 0.3) is 0 Å². The van der Waals surface area contributed by atoms with Crippen LogP contribution in [-0.4, -0.2) is 72.6 Å². The van der Waals surface area contributed by atoms with Crippen molar-refractivity contribution in [3.63, 3.8) is 0 Å². The molecule has 1 aromatic heterocycles. The molecule has 34 heavy (non-hydrogen) atoms. The zero-order valence-electron chi connectivity index (χ0n) is 17.9. The minimum absolute atomic E-state index is 0.129. The van der Waals surface area contributed by atoms with Gasteiger partial charge in [0.2, 0.25) is 0 Å². The summed E-state index contributed by atoms with van der Waals surface area (Å²) in [6, 6.07) is 0. The number of phosphoric acid groups is 2. The summed E-state index contributed by atoms with van der Waals surface area (Å²) in [6.07, 6.45) is -7.22. The lowest BCUT2D eigenvalue weighted by molar-refractivity contribution is -0.185. The van der Waals surface area contributed by atoms with Gasteiger partial charge in [-0.15, -0.1) is 0 Å². The summed E-state index contributed by atoms with van der Waals surface area (Å²) >= 11 is 0. The summed E-state index contributed by atoms with van der Waals surface area (Å²) in [5, 5.41) is 19.8. The molecule has 5 N–H and O–H groups in total. The number of aromatic amines is 1. The van der Waals surface area contributed by atoms with Crippen LogP contribution in [0.3, 0.4) is 0 Å². The Morgan fingerprint density at radius 1 is 1.15 bits per heavy atom. The molecule has 2 aliphatic rings. The zero-order valence-corrected chi connectivity index (χ0v) is 19.7. The molecule has 16 nitrogen and oxygen atoms in total. The molecule has 2 fully saturated rings. The molecule has 0 saturated carbocycles. The molecule has 0 radical (unpaired) electrons. The van der Waals surface area contributed by atoms with Gasteiger partial charge in [0, 0.05) is 24.6 Å². The maximum Gasteiger partial charge on any atom is 0.483 e. The standard InChI is InChI=1S/C16H24N2O14P2/c1-7-5-18(16(23)17-15(7)22)12-3-9(19)11(30-12)6-28-33(24,25)32-34(26,27)31-13-4-10(20)14(21)8(2)29-13/h5,8-13,19-20H,3-4,6H2,1-2H3,(H,24,25)(H,26,27)(H,17,22,23)/t8-,9+,10-,11-,12-,13?/m1/s1. The summed E-state index contributed by atoms with van der Waals surface area (Å²) in [7, 11) is -10.5. The van der Waals surface area contributed by atoms with Crippen molar-refractivity contribution in [2.24, 2.45) is 0 Å². The Labute approximate surface area is 191 Å². The Bertz CT molecular complexity index is 1120. The van der Waals surface area contributed by atoms with Gasteiger partial charge in [-0.3, -0.25) is 28.2 Å². The van der Waals surface area contributed by atoms with E-state index in [9.17, 15) is 43.5 Å². The number of nitrogens with zero attached hydrogens (tertiary/aromatic N) is 1. The minimum atomic E-state index is -5.28. The van der Waals surface area contributed by atoms with Gasteiger partial charge in [0.15, 0.2) is 12.1 Å². The van der Waals surface area contributed by atoms with Gasteiger partial charge in [0.05, 0.1) is 12.7 Å². The number of nitrogens with one attached hydrogen (secondary N) is 1. The van der Waals surface area contributed by atoms with Crippen LogP contribution >= 0.6 is 15.6 Å². The van der Waals surface area contributed by atoms with Gasteiger partial charge in [-0.1, -0.05) is 0 Å². The average Bonchev–Trinajstić information content (AvgIpc) is 3.06. The lowest BCUT2D eigenvalue weighted by Gasteiger charge is -2.30. The van der Waals surface area contributed by atoms with E-state index in [0.717, 1.165) is 4.57 Å². The third kappa shape index (κ3) is 6.56. The fourth-order valence-electron chi connectivity index (χ4n) is 3.31. The Kier molecular flexibility index (Phi) is 8.12. The van der Waals surface area contributed by atoms with Crippen LogP contribution in [0.5, 0.6) is 0 Å². The second-order valence-corrected chi connectivity index (χ2v) is 10.7. The Hall–Kier alpha value is -1.55. The fraction of sp³-hybridized carbons (Fsp3) is 0.688. The summed E-state index contributed by atoms with van der Waals surface area (Å²) < 4.78 is 49.1. The molecule has 0 aliphatic carbocycles. The van der Waals surface area contributed by atoms with Gasteiger partial charge in [-0.05, 0) is 13.8 Å². The number of hydrogen-bond acceptors (Lipinski definition) is 12. The average molecular weight is 530 g/mol. The van der Waals surface area contributed by atoms with Gasteiger partial charge >= 0.3 is 21.3 Å². The minimum Gasteiger partial charge on any atom is -0.390 e. The van der Waals surface area contributed by atoms with Crippen molar-refractivity contribution in [3.05, 3.63) is 32.6 Å². The smallest absolute Gasteiger partial charge is 0.390 e. The number of ether oxygens (including phenoxy) is 2. The van der Waals surface area contributed by atoms with Crippen LogP contribution in [0.1, 0.15) is 31.6 Å². The molecule has 2 aliphatic heterocycles. The Morgan fingerprint density at radius 3 is 2.47 bits per heavy atom. The molecule has 0 aromatic carbocycles. The first-order chi connectivity index (χ1) is 15.7. The number of H-pyrrole nitrogens is 1. The van der Waals surface area contributed by atoms with Crippen LogP contribution in [0, 0.1) is 6.92 Å². The molecule has 0 spiro atoms. The van der Waals surface area contributed by atoms with Crippen molar-refractivity contribution in [2.75, 3.05) is 6.61 Å². The van der Waals surface area contributed by atoms with Gasteiger partial charge in [-0.25, -0.2) is 13.9 Å². The predicted molar refractivity (Wildman–Crippen MR) is 108 cm³/mol. The maximum absolute atomic E-state index is 12.1. The number of aromatic nitrogens is 2. The first kappa shape index (κ1) is 27.0. The van der Waals surface area contributed by atoms with E-state index in [4.69, 9.17) is 9.47 Å². The largest absolute Gasteiger partial charge is 0.483 e. The summed E-state index contributed by atoms with van der Waals surface area (Å²) in [6.45, 7) is 1.94. The van der Waals surface area contributed by atoms with Crippen molar-refractivity contribution in [1.29, 1.82) is 0 Å². The highest BCUT2D eigenvalue weighted by Crippen LogP contribution is 2.61. The van der Waals surface area contributed by atoms with Gasteiger partial charge in [0.25, 0.3) is 5.56 Å². The lowest BCUT2D eigenvalue weighted by Crippen LogP contribution is -2.43. The molecule has 3 unspecified atom stereocenters. The second-order valence-electron chi connectivity index (χ2n) is 7.69. The van der Waals surface area contributed by atoms with E-state index in [2.05, 4.69) is 18.3 Å². The number of phosphoric ester groups is 2. The van der Waals surface area contributed by atoms with Gasteiger partial charge < -0.3 is 29.5 Å². The van der Waals surface area contributed by atoms with E-state index < -0.39 is 82.6 Å². The number of rotatable bonds is 8. The molecule has 18 heteroatoms. The Morgan fingerprint density at radius 2 is 1.82 bits per heavy atom. The van der Waals surface area contributed by atoms with E-state index in [1.165, 1.54) is 20.0 Å². The van der Waals surface area contributed by atoms with E-state index in [0.29, 0.717) is 0 Å². The topological polar surface area (TPSA) is 233 Å². The first-order valence-corrected chi connectivity index (χ1v) is 12.9. The molecule has 0 bridgehead atoms. The molecule has 0 amide bonds.